The topological polar surface area (TPSA) is 15.3 Å². The van der Waals surface area contributed by atoms with Gasteiger partial charge in [-0.15, -0.1) is 0 Å². The highest BCUT2D eigenvalue weighted by Gasteiger charge is 2.11. The van der Waals surface area contributed by atoms with Gasteiger partial charge in [0.2, 0.25) is 0 Å². The van der Waals surface area contributed by atoms with Crippen LogP contribution in [-0.4, -0.2) is 13.1 Å². The van der Waals surface area contributed by atoms with Gasteiger partial charge in [-0.05, 0) is 42.7 Å². The van der Waals surface area contributed by atoms with Gasteiger partial charge in [0, 0.05) is 31.0 Å². The summed E-state index contributed by atoms with van der Waals surface area (Å²) in [4.78, 5) is 2.41. The van der Waals surface area contributed by atoms with Crippen LogP contribution in [0.1, 0.15) is 18.1 Å². The molecular formula is C17H20N2. The van der Waals surface area contributed by atoms with E-state index in [1.807, 2.05) is 0 Å². The molecule has 0 amide bonds. The zero-order chi connectivity index (χ0) is 13.1. The Morgan fingerprint density at radius 3 is 2.74 bits per heavy atom. The molecule has 0 aliphatic carbocycles. The van der Waals surface area contributed by atoms with Gasteiger partial charge in [-0.1, -0.05) is 30.3 Å². The van der Waals surface area contributed by atoms with E-state index in [9.17, 15) is 0 Å². The summed E-state index contributed by atoms with van der Waals surface area (Å²) in [6.45, 7) is 5.30. The van der Waals surface area contributed by atoms with Gasteiger partial charge in [-0.25, -0.2) is 0 Å². The minimum absolute atomic E-state index is 0.980. The largest absolute Gasteiger partial charge is 0.384 e. The summed E-state index contributed by atoms with van der Waals surface area (Å²) in [7, 11) is 0. The first-order valence-corrected chi connectivity index (χ1v) is 7.02. The van der Waals surface area contributed by atoms with E-state index in [1.165, 1.54) is 22.5 Å². The molecule has 2 nitrogen and oxygen atoms in total. The number of hydrogen-bond donors (Lipinski definition) is 1. The van der Waals surface area contributed by atoms with E-state index < -0.39 is 0 Å². The molecule has 2 aromatic carbocycles. The molecule has 0 aromatic heterocycles. The monoisotopic (exact) mass is 252 g/mol. The molecule has 2 heteroatoms. The number of hydrogen-bond acceptors (Lipinski definition) is 2. The first kappa shape index (κ1) is 12.1. The molecule has 0 spiro atoms. The fraction of sp³-hybridized carbons (Fsp3) is 0.294. The molecule has 98 valence electrons. The molecule has 1 aliphatic heterocycles. The van der Waals surface area contributed by atoms with E-state index in [0.29, 0.717) is 0 Å². The first-order valence-electron chi connectivity index (χ1n) is 7.02. The third-order valence-corrected chi connectivity index (χ3v) is 3.76. The first-order chi connectivity index (χ1) is 9.36. The van der Waals surface area contributed by atoms with Crippen molar-refractivity contribution >= 4 is 11.4 Å². The molecule has 1 aliphatic rings. The molecule has 3 rings (SSSR count). The molecule has 0 bridgehead atoms. The Bertz CT molecular complexity index is 548. The maximum atomic E-state index is 3.41. The van der Waals surface area contributed by atoms with Crippen LogP contribution >= 0.6 is 0 Å². The smallest absolute Gasteiger partial charge is 0.0429 e. The van der Waals surface area contributed by atoms with Crippen molar-refractivity contribution in [3.8, 4) is 0 Å². The van der Waals surface area contributed by atoms with Crippen LogP contribution in [0.3, 0.4) is 0 Å². The van der Waals surface area contributed by atoms with Crippen molar-refractivity contribution in [2.45, 2.75) is 19.9 Å². The Morgan fingerprint density at radius 2 is 1.95 bits per heavy atom. The zero-order valence-electron chi connectivity index (χ0n) is 11.4. The van der Waals surface area contributed by atoms with Crippen LogP contribution in [0.15, 0.2) is 48.5 Å². The molecule has 0 fully saturated rings. The standard InChI is InChI=1S/C17H20N2/c1-2-19(16-6-4-3-5-7-16)13-14-8-9-17-15(12-14)10-11-18-17/h3-9,12,18H,2,10-11,13H2,1H3. The third kappa shape index (κ3) is 2.58. The second-order valence-electron chi connectivity index (χ2n) is 5.02. The van der Waals surface area contributed by atoms with Crippen LogP contribution in [0.4, 0.5) is 11.4 Å². The maximum Gasteiger partial charge on any atom is 0.0429 e. The minimum Gasteiger partial charge on any atom is -0.384 e. The van der Waals surface area contributed by atoms with Gasteiger partial charge in [-0.3, -0.25) is 0 Å². The van der Waals surface area contributed by atoms with Crippen molar-refractivity contribution in [1.29, 1.82) is 0 Å². The number of para-hydroxylation sites is 1. The average Bonchev–Trinajstić information content (AvgIpc) is 2.93. The van der Waals surface area contributed by atoms with Crippen molar-refractivity contribution in [1.82, 2.24) is 0 Å². The Kier molecular flexibility index (Phi) is 3.41. The Labute approximate surface area is 115 Å². The number of nitrogens with one attached hydrogen (secondary N) is 1. The highest BCUT2D eigenvalue weighted by atomic mass is 15.1. The van der Waals surface area contributed by atoms with E-state index in [4.69, 9.17) is 0 Å². The predicted molar refractivity (Wildman–Crippen MR) is 81.8 cm³/mol. The number of nitrogens with zero attached hydrogens (tertiary/aromatic N) is 1. The van der Waals surface area contributed by atoms with Crippen LogP contribution < -0.4 is 10.2 Å². The fourth-order valence-corrected chi connectivity index (χ4v) is 2.70. The van der Waals surface area contributed by atoms with Gasteiger partial charge >= 0.3 is 0 Å². The van der Waals surface area contributed by atoms with Crippen LogP contribution in [0, 0.1) is 0 Å². The molecule has 0 saturated carbocycles. The molecule has 0 saturated heterocycles. The number of rotatable bonds is 4. The maximum absolute atomic E-state index is 3.41. The summed E-state index contributed by atoms with van der Waals surface area (Å²) < 4.78 is 0. The number of anilines is 2. The summed E-state index contributed by atoms with van der Waals surface area (Å²) >= 11 is 0. The summed E-state index contributed by atoms with van der Waals surface area (Å²) in [5.41, 5.74) is 5.46. The zero-order valence-corrected chi connectivity index (χ0v) is 11.4. The molecule has 0 radical (unpaired) electrons. The predicted octanol–water partition coefficient (Wildman–Crippen LogP) is 3.68. The second-order valence-corrected chi connectivity index (χ2v) is 5.02. The number of fused-ring (bicyclic) bond motifs is 1. The third-order valence-electron chi connectivity index (χ3n) is 3.76. The number of benzene rings is 2. The van der Waals surface area contributed by atoms with Crippen LogP contribution in [0.2, 0.25) is 0 Å². The Hall–Kier alpha value is -1.96. The van der Waals surface area contributed by atoms with Crippen LogP contribution in [-0.2, 0) is 13.0 Å². The lowest BCUT2D eigenvalue weighted by Crippen LogP contribution is -2.21. The minimum atomic E-state index is 0.980. The summed E-state index contributed by atoms with van der Waals surface area (Å²) in [5, 5.41) is 3.41. The lowest BCUT2D eigenvalue weighted by molar-refractivity contribution is 0.831. The van der Waals surface area contributed by atoms with Crippen molar-refractivity contribution in [3.05, 3.63) is 59.7 Å². The van der Waals surface area contributed by atoms with Gasteiger partial charge < -0.3 is 10.2 Å². The molecule has 19 heavy (non-hydrogen) atoms. The quantitative estimate of drug-likeness (QED) is 0.893. The van der Waals surface area contributed by atoms with Gasteiger partial charge in [0.05, 0.1) is 0 Å². The van der Waals surface area contributed by atoms with Gasteiger partial charge in [0.25, 0.3) is 0 Å². The van der Waals surface area contributed by atoms with Crippen LogP contribution in [0.5, 0.6) is 0 Å². The van der Waals surface area contributed by atoms with Crippen LogP contribution in [0.25, 0.3) is 0 Å². The SMILES string of the molecule is CCN(Cc1ccc2c(c1)CCN2)c1ccccc1. The van der Waals surface area contributed by atoms with Crippen molar-refractivity contribution in [2.75, 3.05) is 23.3 Å². The fourth-order valence-electron chi connectivity index (χ4n) is 2.70. The van der Waals surface area contributed by atoms with Crippen molar-refractivity contribution in [2.24, 2.45) is 0 Å². The molecule has 1 heterocycles. The van der Waals surface area contributed by atoms with E-state index in [1.54, 1.807) is 0 Å². The summed E-state index contributed by atoms with van der Waals surface area (Å²) in [6.07, 6.45) is 1.15. The lowest BCUT2D eigenvalue weighted by atomic mass is 10.1. The molecule has 0 unspecified atom stereocenters. The highest BCUT2D eigenvalue weighted by molar-refractivity contribution is 5.57. The summed E-state index contributed by atoms with van der Waals surface area (Å²) in [5.74, 6) is 0. The average molecular weight is 252 g/mol. The highest BCUT2D eigenvalue weighted by Crippen LogP contribution is 2.24. The summed E-state index contributed by atoms with van der Waals surface area (Å²) in [6, 6.07) is 17.4. The Balaban J connectivity index is 1.80. The molecular weight excluding hydrogens is 232 g/mol. The second kappa shape index (κ2) is 5.35. The molecule has 1 N–H and O–H groups in total. The van der Waals surface area contributed by atoms with E-state index in [-0.39, 0.29) is 0 Å². The van der Waals surface area contributed by atoms with E-state index in [0.717, 1.165) is 26.1 Å². The van der Waals surface area contributed by atoms with E-state index >= 15 is 0 Å². The lowest BCUT2D eigenvalue weighted by Gasteiger charge is -2.23. The van der Waals surface area contributed by atoms with Gasteiger partial charge in [-0.2, -0.15) is 0 Å². The molecule has 2 aromatic rings. The van der Waals surface area contributed by atoms with E-state index in [2.05, 4.69) is 65.7 Å². The van der Waals surface area contributed by atoms with Gasteiger partial charge in [0.15, 0.2) is 0 Å². The van der Waals surface area contributed by atoms with Crippen molar-refractivity contribution in [3.63, 3.8) is 0 Å². The van der Waals surface area contributed by atoms with Crippen molar-refractivity contribution < 1.29 is 0 Å². The molecule has 0 atom stereocenters. The van der Waals surface area contributed by atoms with Gasteiger partial charge in [0.1, 0.15) is 0 Å². The normalized spacial score (nSPS) is 12.9. The Morgan fingerprint density at radius 1 is 1.11 bits per heavy atom.